The Labute approximate surface area is 105 Å². The van der Waals surface area contributed by atoms with Gasteiger partial charge in [-0.2, -0.15) is 0 Å². The Morgan fingerprint density at radius 3 is 2.88 bits per heavy atom. The Hall–Kier alpha value is -0.410. The molecular formula is C13H17BrFN. The second-order valence-electron chi connectivity index (χ2n) is 4.43. The maximum Gasteiger partial charge on any atom is 0.142 e. The summed E-state index contributed by atoms with van der Waals surface area (Å²) in [6.07, 6.45) is 3.66. The number of hydrogen-bond acceptors (Lipinski definition) is 1. The molecule has 1 aromatic rings. The molecule has 3 heteroatoms. The predicted molar refractivity (Wildman–Crippen MR) is 67.9 cm³/mol. The van der Waals surface area contributed by atoms with E-state index in [-0.39, 0.29) is 11.9 Å². The van der Waals surface area contributed by atoms with Crippen molar-refractivity contribution in [2.24, 2.45) is 5.92 Å². The smallest absolute Gasteiger partial charge is 0.142 e. The Morgan fingerprint density at radius 1 is 1.50 bits per heavy atom. The van der Waals surface area contributed by atoms with Gasteiger partial charge in [0.1, 0.15) is 5.82 Å². The number of benzene rings is 1. The molecule has 0 radical (unpaired) electrons. The number of halogens is 2. The van der Waals surface area contributed by atoms with Crippen LogP contribution in [0.1, 0.15) is 37.8 Å². The standard InChI is InChI=1S/C13H17BrFN/c1-2-16-12(8-9-6-7-9)10-4-3-5-11(14)13(10)15/h3-5,9,12,16H,2,6-8H2,1H3. The quantitative estimate of drug-likeness (QED) is 0.861. The van der Waals surface area contributed by atoms with Gasteiger partial charge in [0.2, 0.25) is 0 Å². The summed E-state index contributed by atoms with van der Waals surface area (Å²) < 4.78 is 14.5. The van der Waals surface area contributed by atoms with Gasteiger partial charge in [0.05, 0.1) is 4.47 Å². The van der Waals surface area contributed by atoms with Crippen LogP contribution >= 0.6 is 15.9 Å². The SMILES string of the molecule is CCNC(CC1CC1)c1cccc(Br)c1F. The zero-order valence-corrected chi connectivity index (χ0v) is 11.1. The number of nitrogens with one attached hydrogen (secondary N) is 1. The van der Waals surface area contributed by atoms with Gasteiger partial charge in [-0.05, 0) is 40.9 Å². The van der Waals surface area contributed by atoms with E-state index in [0.29, 0.717) is 4.47 Å². The minimum absolute atomic E-state index is 0.117. The average molecular weight is 286 g/mol. The number of rotatable bonds is 5. The fraction of sp³-hybridized carbons (Fsp3) is 0.538. The van der Waals surface area contributed by atoms with Gasteiger partial charge < -0.3 is 5.32 Å². The van der Waals surface area contributed by atoms with Gasteiger partial charge in [0.15, 0.2) is 0 Å². The molecule has 1 unspecified atom stereocenters. The van der Waals surface area contributed by atoms with Gasteiger partial charge in [-0.25, -0.2) is 4.39 Å². The second-order valence-corrected chi connectivity index (χ2v) is 5.29. The lowest BCUT2D eigenvalue weighted by molar-refractivity contribution is 0.462. The third-order valence-corrected chi connectivity index (χ3v) is 3.69. The molecule has 1 nitrogen and oxygen atoms in total. The van der Waals surface area contributed by atoms with Crippen LogP contribution < -0.4 is 5.32 Å². The van der Waals surface area contributed by atoms with Crippen LogP contribution in [0.3, 0.4) is 0 Å². The summed E-state index contributed by atoms with van der Waals surface area (Å²) in [5.74, 6) is 0.677. The van der Waals surface area contributed by atoms with E-state index >= 15 is 0 Å². The molecule has 0 heterocycles. The predicted octanol–water partition coefficient (Wildman–Crippen LogP) is 4.04. The highest BCUT2D eigenvalue weighted by Crippen LogP contribution is 2.38. The van der Waals surface area contributed by atoms with Crippen LogP contribution in [0.5, 0.6) is 0 Å². The molecule has 0 bridgehead atoms. The molecule has 1 saturated carbocycles. The maximum atomic E-state index is 14.0. The van der Waals surface area contributed by atoms with E-state index in [1.165, 1.54) is 12.8 Å². The van der Waals surface area contributed by atoms with E-state index in [1.807, 2.05) is 12.1 Å². The van der Waals surface area contributed by atoms with Crippen LogP contribution in [0.4, 0.5) is 4.39 Å². The van der Waals surface area contributed by atoms with Gasteiger partial charge in [-0.1, -0.05) is 31.9 Å². The van der Waals surface area contributed by atoms with Crippen molar-refractivity contribution >= 4 is 15.9 Å². The van der Waals surface area contributed by atoms with Gasteiger partial charge in [-0.15, -0.1) is 0 Å². The summed E-state index contributed by atoms with van der Waals surface area (Å²) in [6, 6.07) is 5.70. The molecule has 88 valence electrons. The summed E-state index contributed by atoms with van der Waals surface area (Å²) in [5.41, 5.74) is 0.795. The molecule has 0 aromatic heterocycles. The fourth-order valence-corrected chi connectivity index (χ4v) is 2.42. The first kappa shape index (κ1) is 12.1. The van der Waals surface area contributed by atoms with Crippen LogP contribution in [-0.4, -0.2) is 6.54 Å². The van der Waals surface area contributed by atoms with E-state index in [2.05, 4.69) is 28.2 Å². The Kier molecular flexibility index (Phi) is 3.98. The first-order valence-corrected chi connectivity index (χ1v) is 6.69. The topological polar surface area (TPSA) is 12.0 Å². The van der Waals surface area contributed by atoms with Crippen molar-refractivity contribution in [1.82, 2.24) is 5.32 Å². The molecule has 0 saturated heterocycles. The van der Waals surface area contributed by atoms with E-state index in [0.717, 1.165) is 24.4 Å². The lowest BCUT2D eigenvalue weighted by Gasteiger charge is -2.19. The summed E-state index contributed by atoms with van der Waals surface area (Å²) in [7, 11) is 0. The Balaban J connectivity index is 2.18. The number of hydrogen-bond donors (Lipinski definition) is 1. The first-order chi connectivity index (χ1) is 7.72. The molecule has 0 spiro atoms. The highest BCUT2D eigenvalue weighted by molar-refractivity contribution is 9.10. The Morgan fingerprint density at radius 2 is 2.25 bits per heavy atom. The minimum atomic E-state index is -0.117. The van der Waals surface area contributed by atoms with E-state index < -0.39 is 0 Å². The first-order valence-electron chi connectivity index (χ1n) is 5.89. The van der Waals surface area contributed by atoms with Crippen molar-refractivity contribution in [2.75, 3.05) is 6.54 Å². The van der Waals surface area contributed by atoms with Crippen molar-refractivity contribution in [2.45, 2.75) is 32.2 Å². The minimum Gasteiger partial charge on any atom is -0.310 e. The third-order valence-electron chi connectivity index (χ3n) is 3.07. The molecule has 0 amide bonds. The van der Waals surface area contributed by atoms with Crippen LogP contribution in [0, 0.1) is 11.7 Å². The second kappa shape index (κ2) is 5.28. The molecule has 1 N–H and O–H groups in total. The van der Waals surface area contributed by atoms with Crippen molar-refractivity contribution in [3.63, 3.8) is 0 Å². The van der Waals surface area contributed by atoms with Crippen LogP contribution in [0.15, 0.2) is 22.7 Å². The monoisotopic (exact) mass is 285 g/mol. The molecule has 1 fully saturated rings. The largest absolute Gasteiger partial charge is 0.310 e. The lowest BCUT2D eigenvalue weighted by atomic mass is 10.0. The van der Waals surface area contributed by atoms with Crippen LogP contribution in [0.2, 0.25) is 0 Å². The van der Waals surface area contributed by atoms with Crippen molar-refractivity contribution in [3.05, 3.63) is 34.1 Å². The summed E-state index contributed by atoms with van der Waals surface area (Å²) in [5, 5.41) is 3.38. The lowest BCUT2D eigenvalue weighted by Crippen LogP contribution is -2.22. The molecule has 1 aromatic carbocycles. The van der Waals surface area contributed by atoms with Crippen LogP contribution in [0.25, 0.3) is 0 Å². The van der Waals surface area contributed by atoms with E-state index in [1.54, 1.807) is 6.07 Å². The van der Waals surface area contributed by atoms with Crippen molar-refractivity contribution < 1.29 is 4.39 Å². The normalized spacial score (nSPS) is 17.4. The van der Waals surface area contributed by atoms with Gasteiger partial charge in [0, 0.05) is 11.6 Å². The highest BCUT2D eigenvalue weighted by atomic mass is 79.9. The summed E-state index contributed by atoms with van der Waals surface area (Å²) in [4.78, 5) is 0. The maximum absolute atomic E-state index is 14.0. The van der Waals surface area contributed by atoms with E-state index in [4.69, 9.17) is 0 Å². The molecular weight excluding hydrogens is 269 g/mol. The summed E-state index contributed by atoms with van der Waals surface area (Å²) in [6.45, 7) is 2.94. The van der Waals surface area contributed by atoms with Gasteiger partial charge >= 0.3 is 0 Å². The molecule has 0 aliphatic heterocycles. The fourth-order valence-electron chi connectivity index (χ4n) is 2.04. The molecule has 2 rings (SSSR count). The van der Waals surface area contributed by atoms with Crippen LogP contribution in [-0.2, 0) is 0 Å². The van der Waals surface area contributed by atoms with E-state index in [9.17, 15) is 4.39 Å². The molecule has 1 atom stereocenters. The Bertz CT molecular complexity index is 363. The van der Waals surface area contributed by atoms with Gasteiger partial charge in [-0.3, -0.25) is 0 Å². The highest BCUT2D eigenvalue weighted by Gasteiger charge is 2.27. The zero-order valence-electron chi connectivity index (χ0n) is 9.47. The molecule has 16 heavy (non-hydrogen) atoms. The molecule has 1 aliphatic carbocycles. The average Bonchev–Trinajstić information content (AvgIpc) is 3.06. The zero-order chi connectivity index (χ0) is 11.5. The molecule has 1 aliphatic rings. The van der Waals surface area contributed by atoms with Crippen molar-refractivity contribution in [1.29, 1.82) is 0 Å². The van der Waals surface area contributed by atoms with Crippen molar-refractivity contribution in [3.8, 4) is 0 Å². The van der Waals surface area contributed by atoms with Gasteiger partial charge in [0.25, 0.3) is 0 Å². The third kappa shape index (κ3) is 2.83. The summed E-state index contributed by atoms with van der Waals surface area (Å²) >= 11 is 3.24.